The second-order valence-corrected chi connectivity index (χ2v) is 7.04. The molecule has 2 aromatic carbocycles. The van der Waals surface area contributed by atoms with E-state index in [2.05, 4.69) is 37.2 Å². The number of benzene rings is 2. The maximum Gasteiger partial charge on any atom is 0.139 e. The van der Waals surface area contributed by atoms with Crippen molar-refractivity contribution in [2.75, 3.05) is 18.5 Å². The minimum Gasteiger partial charge on any atom is -0.548 e. The summed E-state index contributed by atoms with van der Waals surface area (Å²) in [5.74, 6) is -1.13. The highest BCUT2D eigenvalue weighted by atomic mass is 79.9. The molecule has 0 saturated heterocycles. The lowest BCUT2D eigenvalue weighted by molar-refractivity contribution is -0.307. The standard InChI is InChI=1S/C17H17Br2N3O4.ClH/c18-10-7-12(15(13(19)8-10)26-6-5-23)14(17(24)25)22-11-3-1-9(2-4-11)16(20)21;/h1-4,7-8,14,22-23H,5-6H2,(H3,20,21)(H,24,25);1H/p-1. The first-order chi connectivity index (χ1) is 12.3. The number of aliphatic hydroxyl groups is 1. The summed E-state index contributed by atoms with van der Waals surface area (Å²) in [7, 11) is 0. The van der Waals surface area contributed by atoms with Crippen molar-refractivity contribution in [3.8, 4) is 5.75 Å². The molecule has 0 fully saturated rings. The molecule has 7 nitrogen and oxygen atoms in total. The van der Waals surface area contributed by atoms with Crippen LogP contribution < -0.4 is 20.9 Å². The van der Waals surface area contributed by atoms with E-state index in [9.17, 15) is 9.90 Å². The summed E-state index contributed by atoms with van der Waals surface area (Å²) in [6.45, 7) is -0.196. The van der Waals surface area contributed by atoms with Crippen LogP contribution in [0.5, 0.6) is 5.75 Å². The minimum atomic E-state index is -1.35. The van der Waals surface area contributed by atoms with Crippen molar-refractivity contribution in [2.24, 2.45) is 5.73 Å². The number of nitrogen functional groups attached to an aromatic ring is 1. The van der Waals surface area contributed by atoms with Crippen molar-refractivity contribution < 1.29 is 19.7 Å². The molecule has 0 aliphatic heterocycles. The Morgan fingerprint density at radius 1 is 1.30 bits per heavy atom. The molecular formula is C17H17Br2ClN3O4-. The van der Waals surface area contributed by atoms with Gasteiger partial charge in [0.05, 0.1) is 23.1 Å². The molecule has 10 heteroatoms. The molecule has 2 rings (SSSR count). The first kappa shape index (κ1) is 23.2. The third-order valence-corrected chi connectivity index (χ3v) is 4.48. The SMILES string of the molecule is Cl.N=C(N)c1ccc(NC(C(=O)[O-])c2cc(Br)cc(Br)c2OCCO)cc1. The van der Waals surface area contributed by atoms with Crippen molar-refractivity contribution in [1.29, 1.82) is 5.41 Å². The molecule has 0 aliphatic carbocycles. The van der Waals surface area contributed by atoms with E-state index in [1.54, 1.807) is 36.4 Å². The fourth-order valence-electron chi connectivity index (χ4n) is 2.27. The molecule has 27 heavy (non-hydrogen) atoms. The molecule has 146 valence electrons. The van der Waals surface area contributed by atoms with Gasteiger partial charge in [-0.15, -0.1) is 12.4 Å². The Bertz CT molecular complexity index is 819. The summed E-state index contributed by atoms with van der Waals surface area (Å²) in [5, 5.41) is 31.0. The highest BCUT2D eigenvalue weighted by molar-refractivity contribution is 9.11. The van der Waals surface area contributed by atoms with Crippen LogP contribution >= 0.6 is 44.3 Å². The van der Waals surface area contributed by atoms with E-state index in [4.69, 9.17) is 21.0 Å². The largest absolute Gasteiger partial charge is 0.548 e. The maximum atomic E-state index is 11.8. The number of halogens is 3. The molecular weight excluding hydrogens is 505 g/mol. The van der Waals surface area contributed by atoms with Crippen molar-refractivity contribution in [1.82, 2.24) is 0 Å². The molecule has 1 atom stereocenters. The van der Waals surface area contributed by atoms with E-state index in [-0.39, 0.29) is 31.5 Å². The lowest BCUT2D eigenvalue weighted by Crippen LogP contribution is -2.34. The Morgan fingerprint density at radius 2 is 1.93 bits per heavy atom. The molecule has 1 unspecified atom stereocenters. The van der Waals surface area contributed by atoms with Gasteiger partial charge in [-0.05, 0) is 52.3 Å². The summed E-state index contributed by atoms with van der Waals surface area (Å²) < 4.78 is 6.68. The van der Waals surface area contributed by atoms with Gasteiger partial charge in [-0.2, -0.15) is 0 Å². The number of nitrogens with one attached hydrogen (secondary N) is 2. The zero-order valence-electron chi connectivity index (χ0n) is 13.9. The second kappa shape index (κ2) is 10.5. The highest BCUT2D eigenvalue weighted by Gasteiger charge is 2.21. The zero-order chi connectivity index (χ0) is 19.3. The molecule has 0 amide bonds. The first-order valence-corrected chi connectivity index (χ1v) is 9.06. The molecule has 0 aromatic heterocycles. The van der Waals surface area contributed by atoms with Crippen LogP contribution in [0.4, 0.5) is 5.69 Å². The van der Waals surface area contributed by atoms with Crippen LogP contribution in [0.25, 0.3) is 0 Å². The highest BCUT2D eigenvalue weighted by Crippen LogP contribution is 2.37. The van der Waals surface area contributed by atoms with Crippen molar-refractivity contribution in [3.05, 3.63) is 56.5 Å². The number of carboxylic acid groups (broad SMARTS) is 1. The second-order valence-electron chi connectivity index (χ2n) is 5.27. The molecule has 0 bridgehead atoms. The van der Waals surface area contributed by atoms with Crippen LogP contribution in [0, 0.1) is 5.41 Å². The summed E-state index contributed by atoms with van der Waals surface area (Å²) in [6, 6.07) is 8.57. The van der Waals surface area contributed by atoms with Crippen LogP contribution in [0.3, 0.4) is 0 Å². The smallest absolute Gasteiger partial charge is 0.139 e. The lowest BCUT2D eigenvalue weighted by Gasteiger charge is -2.25. The number of hydrogen-bond acceptors (Lipinski definition) is 6. The van der Waals surface area contributed by atoms with Gasteiger partial charge in [0.15, 0.2) is 0 Å². The van der Waals surface area contributed by atoms with Gasteiger partial charge in [-0.3, -0.25) is 5.41 Å². The average molecular weight is 523 g/mol. The summed E-state index contributed by atoms with van der Waals surface area (Å²) >= 11 is 6.67. The lowest BCUT2D eigenvalue weighted by atomic mass is 10.0. The molecule has 0 heterocycles. The molecule has 2 aromatic rings. The predicted molar refractivity (Wildman–Crippen MR) is 110 cm³/mol. The first-order valence-electron chi connectivity index (χ1n) is 7.48. The van der Waals surface area contributed by atoms with Gasteiger partial charge in [-0.25, -0.2) is 0 Å². The third kappa shape index (κ3) is 6.10. The number of anilines is 1. The summed E-state index contributed by atoms with van der Waals surface area (Å²) in [4.78, 5) is 11.8. The van der Waals surface area contributed by atoms with Gasteiger partial charge in [0, 0.05) is 21.3 Å². The molecule has 0 radical (unpaired) electrons. The number of hydrogen-bond donors (Lipinski definition) is 4. The van der Waals surface area contributed by atoms with E-state index in [0.29, 0.717) is 31.5 Å². The fourth-order valence-corrected chi connectivity index (χ4v) is 3.64. The Kier molecular flexibility index (Phi) is 9.04. The molecule has 0 spiro atoms. The fraction of sp³-hybridized carbons (Fsp3) is 0.176. The van der Waals surface area contributed by atoms with Gasteiger partial charge in [0.25, 0.3) is 0 Å². The third-order valence-electron chi connectivity index (χ3n) is 3.43. The Morgan fingerprint density at radius 3 is 2.44 bits per heavy atom. The summed E-state index contributed by atoms with van der Waals surface area (Å²) in [5.41, 5.74) is 6.78. The van der Waals surface area contributed by atoms with Crippen LogP contribution in [0.2, 0.25) is 0 Å². The number of aliphatic carboxylic acids is 1. The predicted octanol–water partition coefficient (Wildman–Crippen LogP) is 2.19. The average Bonchev–Trinajstić information content (AvgIpc) is 2.58. The van der Waals surface area contributed by atoms with Gasteiger partial charge in [0.2, 0.25) is 0 Å². The molecule has 0 saturated carbocycles. The van der Waals surface area contributed by atoms with Gasteiger partial charge in [0.1, 0.15) is 18.2 Å². The van der Waals surface area contributed by atoms with Crippen molar-refractivity contribution in [2.45, 2.75) is 6.04 Å². The number of carboxylic acids is 1. The van der Waals surface area contributed by atoms with Crippen LogP contribution in [0.1, 0.15) is 17.2 Å². The Hall–Kier alpha value is -1.81. The topological polar surface area (TPSA) is 131 Å². The number of nitrogens with two attached hydrogens (primary N) is 1. The minimum absolute atomic E-state index is 0. The van der Waals surface area contributed by atoms with Crippen molar-refractivity contribution in [3.63, 3.8) is 0 Å². The van der Waals surface area contributed by atoms with E-state index in [1.807, 2.05) is 0 Å². The van der Waals surface area contributed by atoms with E-state index in [0.717, 1.165) is 0 Å². The van der Waals surface area contributed by atoms with Gasteiger partial charge in [-0.1, -0.05) is 15.9 Å². The zero-order valence-corrected chi connectivity index (χ0v) is 17.9. The molecule has 5 N–H and O–H groups in total. The number of rotatable bonds is 8. The van der Waals surface area contributed by atoms with E-state index < -0.39 is 12.0 Å². The van der Waals surface area contributed by atoms with Crippen LogP contribution in [-0.4, -0.2) is 30.1 Å². The Labute approximate surface area is 179 Å². The van der Waals surface area contributed by atoms with Gasteiger partial charge >= 0.3 is 0 Å². The number of carbonyl (C=O) groups excluding carboxylic acids is 1. The van der Waals surface area contributed by atoms with Crippen LogP contribution in [-0.2, 0) is 4.79 Å². The maximum absolute atomic E-state index is 11.8. The van der Waals surface area contributed by atoms with E-state index >= 15 is 0 Å². The van der Waals surface area contributed by atoms with E-state index in [1.165, 1.54) is 0 Å². The number of carbonyl (C=O) groups is 1. The quantitative estimate of drug-likeness (QED) is 0.311. The van der Waals surface area contributed by atoms with Crippen LogP contribution in [0.15, 0.2) is 45.3 Å². The van der Waals surface area contributed by atoms with Gasteiger partial charge < -0.3 is 30.8 Å². The Balaban J connectivity index is 0.00000364. The van der Waals surface area contributed by atoms with Crippen molar-refractivity contribution >= 4 is 61.8 Å². The normalized spacial score (nSPS) is 11.2. The molecule has 0 aliphatic rings. The summed E-state index contributed by atoms with van der Waals surface area (Å²) in [6.07, 6.45) is 0. The number of amidine groups is 1. The number of aliphatic hydroxyl groups excluding tert-OH is 1. The monoisotopic (exact) mass is 520 g/mol. The number of ether oxygens (including phenoxy) is 1.